The molecule has 142 valence electrons. The van der Waals surface area contributed by atoms with Gasteiger partial charge in [-0.05, 0) is 30.3 Å². The monoisotopic (exact) mass is 377 g/mol. The number of para-hydroxylation sites is 2. The largest absolute Gasteiger partial charge is 0.495 e. The highest BCUT2D eigenvalue weighted by molar-refractivity contribution is 6.04. The van der Waals surface area contributed by atoms with E-state index in [-0.39, 0.29) is 17.5 Å². The number of hydrogen-bond donors (Lipinski definition) is 3. The molecule has 1 aromatic heterocycles. The zero-order chi connectivity index (χ0) is 19.9. The number of hydrogen-bond acceptors (Lipinski definition) is 6. The van der Waals surface area contributed by atoms with Gasteiger partial charge in [-0.3, -0.25) is 9.59 Å². The molecule has 3 rings (SSSR count). The lowest BCUT2D eigenvalue weighted by atomic mass is 10.2. The summed E-state index contributed by atoms with van der Waals surface area (Å²) in [6.07, 6.45) is 1.30. The molecule has 3 aromatic rings. The summed E-state index contributed by atoms with van der Waals surface area (Å²) in [5.74, 6) is 0.453. The predicted octanol–water partition coefficient (Wildman–Crippen LogP) is 3.44. The van der Waals surface area contributed by atoms with E-state index in [0.29, 0.717) is 28.6 Å². The molecule has 0 bridgehead atoms. The summed E-state index contributed by atoms with van der Waals surface area (Å²) < 4.78 is 5.23. The van der Waals surface area contributed by atoms with Crippen molar-refractivity contribution in [3.8, 4) is 5.75 Å². The molecule has 0 saturated heterocycles. The van der Waals surface area contributed by atoms with Crippen LogP contribution in [0, 0.1) is 0 Å². The van der Waals surface area contributed by atoms with Crippen LogP contribution in [0.2, 0.25) is 0 Å². The summed E-state index contributed by atoms with van der Waals surface area (Å²) in [6.45, 7) is 1.44. The average molecular weight is 377 g/mol. The molecule has 28 heavy (non-hydrogen) atoms. The van der Waals surface area contributed by atoms with Crippen molar-refractivity contribution in [2.45, 2.75) is 6.92 Å². The van der Waals surface area contributed by atoms with Gasteiger partial charge in [-0.25, -0.2) is 9.97 Å². The molecule has 0 atom stereocenters. The van der Waals surface area contributed by atoms with Gasteiger partial charge in [0.05, 0.1) is 12.8 Å². The Balaban J connectivity index is 1.75. The zero-order valence-electron chi connectivity index (χ0n) is 15.4. The molecule has 8 heteroatoms. The number of carbonyl (C=O) groups excluding carboxylic acids is 2. The number of amides is 2. The van der Waals surface area contributed by atoms with Gasteiger partial charge in [0.1, 0.15) is 23.6 Å². The lowest BCUT2D eigenvalue weighted by Crippen LogP contribution is -2.15. The molecule has 0 unspecified atom stereocenters. The van der Waals surface area contributed by atoms with Crippen molar-refractivity contribution in [2.75, 3.05) is 23.1 Å². The highest BCUT2D eigenvalue weighted by atomic mass is 16.5. The summed E-state index contributed by atoms with van der Waals surface area (Å²) >= 11 is 0. The third kappa shape index (κ3) is 4.82. The summed E-state index contributed by atoms with van der Waals surface area (Å²) in [5.41, 5.74) is 2.11. The normalized spacial score (nSPS) is 10.1. The minimum Gasteiger partial charge on any atom is -0.495 e. The third-order valence-corrected chi connectivity index (χ3v) is 3.71. The maximum atomic E-state index is 12.5. The van der Waals surface area contributed by atoms with Crippen molar-refractivity contribution in [2.24, 2.45) is 0 Å². The van der Waals surface area contributed by atoms with Gasteiger partial charge in [0, 0.05) is 24.4 Å². The van der Waals surface area contributed by atoms with Crippen LogP contribution < -0.4 is 20.7 Å². The highest BCUT2D eigenvalue weighted by Crippen LogP contribution is 2.24. The van der Waals surface area contributed by atoms with Gasteiger partial charge in [-0.15, -0.1) is 0 Å². The maximum Gasteiger partial charge on any atom is 0.274 e. The fraction of sp³-hybridized carbons (Fsp3) is 0.100. The molecule has 1 heterocycles. The fourth-order valence-corrected chi connectivity index (χ4v) is 2.51. The van der Waals surface area contributed by atoms with E-state index < -0.39 is 0 Å². The molecular formula is C20H19N5O3. The molecule has 2 amide bonds. The first-order chi connectivity index (χ1) is 13.5. The number of carbonyl (C=O) groups is 2. The highest BCUT2D eigenvalue weighted by Gasteiger charge is 2.12. The van der Waals surface area contributed by atoms with Gasteiger partial charge in [0.15, 0.2) is 0 Å². The van der Waals surface area contributed by atoms with E-state index in [0.717, 1.165) is 0 Å². The lowest BCUT2D eigenvalue weighted by Gasteiger charge is -2.11. The Morgan fingerprint density at radius 3 is 2.50 bits per heavy atom. The van der Waals surface area contributed by atoms with Crippen LogP contribution in [0.3, 0.4) is 0 Å². The smallest absolute Gasteiger partial charge is 0.274 e. The van der Waals surface area contributed by atoms with Crippen LogP contribution >= 0.6 is 0 Å². The SMILES string of the molecule is COc1ccccc1NC(=O)c1cc(Nc2cccc(NC(C)=O)c2)ncn1. The molecule has 0 aliphatic carbocycles. The molecule has 8 nitrogen and oxygen atoms in total. The van der Waals surface area contributed by atoms with Crippen LogP contribution in [-0.2, 0) is 4.79 Å². The standard InChI is InChI=1S/C20H19N5O3/c1-13(26)23-14-6-5-7-15(10-14)24-19-11-17(21-12-22-19)20(27)25-16-8-3-4-9-18(16)28-2/h3-12H,1-2H3,(H,23,26)(H,25,27)(H,21,22,24). The topological polar surface area (TPSA) is 105 Å². The number of aromatic nitrogens is 2. The number of nitrogens with one attached hydrogen (secondary N) is 3. The van der Waals surface area contributed by atoms with Crippen LogP contribution in [0.1, 0.15) is 17.4 Å². The van der Waals surface area contributed by atoms with E-state index in [2.05, 4.69) is 25.9 Å². The van der Waals surface area contributed by atoms with E-state index in [9.17, 15) is 9.59 Å². The predicted molar refractivity (Wildman–Crippen MR) is 107 cm³/mol. The zero-order valence-corrected chi connectivity index (χ0v) is 15.4. The number of ether oxygens (including phenoxy) is 1. The number of nitrogens with zero attached hydrogens (tertiary/aromatic N) is 2. The summed E-state index contributed by atoms with van der Waals surface area (Å²) in [6, 6.07) is 15.8. The molecule has 2 aromatic carbocycles. The van der Waals surface area contributed by atoms with Gasteiger partial charge in [0.25, 0.3) is 5.91 Å². The Labute approximate surface area is 162 Å². The van der Waals surface area contributed by atoms with E-state index in [1.165, 1.54) is 26.4 Å². The van der Waals surface area contributed by atoms with E-state index in [1.807, 2.05) is 12.1 Å². The molecular weight excluding hydrogens is 358 g/mol. The Morgan fingerprint density at radius 2 is 1.71 bits per heavy atom. The van der Waals surface area contributed by atoms with Gasteiger partial charge >= 0.3 is 0 Å². The first-order valence-corrected chi connectivity index (χ1v) is 8.46. The molecule has 0 fully saturated rings. The van der Waals surface area contributed by atoms with E-state index in [1.54, 1.807) is 36.4 Å². The fourth-order valence-electron chi connectivity index (χ4n) is 2.51. The van der Waals surface area contributed by atoms with Gasteiger partial charge < -0.3 is 20.7 Å². The van der Waals surface area contributed by atoms with Crippen LogP contribution in [0.4, 0.5) is 22.9 Å². The first-order valence-electron chi connectivity index (χ1n) is 8.46. The van der Waals surface area contributed by atoms with Crippen molar-refractivity contribution < 1.29 is 14.3 Å². The van der Waals surface area contributed by atoms with Crippen LogP contribution in [0.25, 0.3) is 0 Å². The van der Waals surface area contributed by atoms with Crippen molar-refractivity contribution in [1.82, 2.24) is 9.97 Å². The van der Waals surface area contributed by atoms with Crippen molar-refractivity contribution in [3.05, 3.63) is 66.6 Å². The lowest BCUT2D eigenvalue weighted by molar-refractivity contribution is -0.114. The Hall–Kier alpha value is -3.94. The van der Waals surface area contributed by atoms with Crippen molar-refractivity contribution in [3.63, 3.8) is 0 Å². The molecule has 3 N–H and O–H groups in total. The van der Waals surface area contributed by atoms with Crippen LogP contribution in [0.15, 0.2) is 60.9 Å². The van der Waals surface area contributed by atoms with E-state index in [4.69, 9.17) is 4.74 Å². The maximum absolute atomic E-state index is 12.5. The summed E-state index contributed by atoms with van der Waals surface area (Å²) in [4.78, 5) is 31.9. The minimum absolute atomic E-state index is 0.158. The Bertz CT molecular complexity index is 1010. The second kappa shape index (κ2) is 8.63. The Kier molecular flexibility index (Phi) is 5.81. The summed E-state index contributed by atoms with van der Waals surface area (Å²) in [7, 11) is 1.53. The summed E-state index contributed by atoms with van der Waals surface area (Å²) in [5, 5.41) is 8.57. The first kappa shape index (κ1) is 18.8. The number of anilines is 4. The molecule has 0 spiro atoms. The van der Waals surface area contributed by atoms with Crippen molar-refractivity contribution >= 4 is 34.7 Å². The average Bonchev–Trinajstić information content (AvgIpc) is 2.68. The second-order valence-electron chi connectivity index (χ2n) is 5.83. The minimum atomic E-state index is -0.387. The third-order valence-electron chi connectivity index (χ3n) is 3.71. The van der Waals surface area contributed by atoms with E-state index >= 15 is 0 Å². The number of benzene rings is 2. The molecule has 0 saturated carbocycles. The molecule has 0 radical (unpaired) electrons. The van der Waals surface area contributed by atoms with Gasteiger partial charge in [-0.2, -0.15) is 0 Å². The van der Waals surface area contributed by atoms with Crippen LogP contribution in [-0.4, -0.2) is 28.9 Å². The number of rotatable bonds is 6. The Morgan fingerprint density at radius 1 is 0.929 bits per heavy atom. The van der Waals surface area contributed by atoms with Gasteiger partial charge in [-0.1, -0.05) is 18.2 Å². The van der Waals surface area contributed by atoms with Gasteiger partial charge in [0.2, 0.25) is 5.91 Å². The molecule has 0 aliphatic heterocycles. The molecule has 0 aliphatic rings. The van der Waals surface area contributed by atoms with Crippen molar-refractivity contribution in [1.29, 1.82) is 0 Å². The van der Waals surface area contributed by atoms with Crippen LogP contribution in [0.5, 0.6) is 5.75 Å². The quantitative estimate of drug-likeness (QED) is 0.608. The number of methoxy groups -OCH3 is 1. The second-order valence-corrected chi connectivity index (χ2v) is 5.83.